The zero-order chi connectivity index (χ0) is 14.6. The van der Waals surface area contributed by atoms with Crippen LogP contribution in [0.1, 0.15) is 24.4 Å². The van der Waals surface area contributed by atoms with E-state index < -0.39 is 6.36 Å². The molecule has 1 aromatic heterocycles. The smallest absolute Gasteiger partial charge is 0.406 e. The predicted molar refractivity (Wildman–Crippen MR) is 67.0 cm³/mol. The highest BCUT2D eigenvalue weighted by molar-refractivity contribution is 5.28. The number of aromatic amines is 1. The Morgan fingerprint density at radius 2 is 2.20 bits per heavy atom. The lowest BCUT2D eigenvalue weighted by Crippen LogP contribution is -2.20. The van der Waals surface area contributed by atoms with Gasteiger partial charge in [0.1, 0.15) is 11.6 Å². The average molecular weight is 285 g/mol. The van der Waals surface area contributed by atoms with Crippen LogP contribution in [0.5, 0.6) is 5.75 Å². The predicted octanol–water partition coefficient (Wildman–Crippen LogP) is 3.16. The maximum absolute atomic E-state index is 12.1. The van der Waals surface area contributed by atoms with Crippen molar-refractivity contribution >= 4 is 0 Å². The topological polar surface area (TPSA) is 49.9 Å². The summed E-state index contributed by atoms with van der Waals surface area (Å²) in [7, 11) is 0. The summed E-state index contributed by atoms with van der Waals surface area (Å²) in [4.78, 5) is 7.07. The molecule has 7 heteroatoms. The standard InChI is InChI=1S/C13H14F3N3O/c1-9(12-17-5-6-18-12)19-8-10-3-2-4-11(7-10)20-13(14,15)16/h2-7,9,19H,8H2,1H3,(H,17,18). The highest BCUT2D eigenvalue weighted by Crippen LogP contribution is 2.23. The minimum atomic E-state index is -4.67. The van der Waals surface area contributed by atoms with E-state index in [2.05, 4.69) is 20.0 Å². The van der Waals surface area contributed by atoms with E-state index in [1.54, 1.807) is 18.5 Å². The Bertz CT molecular complexity index is 540. The minimum Gasteiger partial charge on any atom is -0.406 e. The molecule has 0 amide bonds. The molecule has 0 saturated carbocycles. The Kier molecular flexibility index (Phi) is 4.29. The fourth-order valence-electron chi connectivity index (χ4n) is 1.73. The van der Waals surface area contributed by atoms with Crippen molar-refractivity contribution in [3.05, 3.63) is 48.0 Å². The van der Waals surface area contributed by atoms with Crippen molar-refractivity contribution in [3.63, 3.8) is 0 Å². The van der Waals surface area contributed by atoms with Crippen LogP contribution in [0.2, 0.25) is 0 Å². The molecule has 108 valence electrons. The number of ether oxygens (including phenoxy) is 1. The molecule has 2 rings (SSSR count). The second-order valence-corrected chi connectivity index (χ2v) is 4.27. The van der Waals surface area contributed by atoms with Gasteiger partial charge in [-0.1, -0.05) is 12.1 Å². The minimum absolute atomic E-state index is 0.0304. The van der Waals surface area contributed by atoms with Crippen molar-refractivity contribution in [2.75, 3.05) is 0 Å². The number of benzene rings is 1. The van der Waals surface area contributed by atoms with Gasteiger partial charge in [0, 0.05) is 18.9 Å². The number of halogens is 3. The second-order valence-electron chi connectivity index (χ2n) is 4.27. The van der Waals surface area contributed by atoms with Gasteiger partial charge in [-0.05, 0) is 24.6 Å². The third-order valence-corrected chi connectivity index (χ3v) is 2.67. The molecule has 0 saturated heterocycles. The van der Waals surface area contributed by atoms with E-state index in [1.165, 1.54) is 18.2 Å². The summed E-state index contributed by atoms with van der Waals surface area (Å²) in [6.07, 6.45) is -1.32. The van der Waals surface area contributed by atoms with Gasteiger partial charge in [0.2, 0.25) is 0 Å². The molecule has 0 bridgehead atoms. The van der Waals surface area contributed by atoms with Gasteiger partial charge in [-0.2, -0.15) is 0 Å². The van der Waals surface area contributed by atoms with Crippen molar-refractivity contribution in [3.8, 4) is 5.75 Å². The number of imidazole rings is 1. The highest BCUT2D eigenvalue weighted by atomic mass is 19.4. The number of rotatable bonds is 5. The molecule has 0 fully saturated rings. The van der Waals surface area contributed by atoms with Crippen LogP contribution in [-0.2, 0) is 6.54 Å². The lowest BCUT2D eigenvalue weighted by molar-refractivity contribution is -0.274. The molecular formula is C13H14F3N3O. The highest BCUT2D eigenvalue weighted by Gasteiger charge is 2.31. The first-order valence-electron chi connectivity index (χ1n) is 6.01. The number of hydrogen-bond acceptors (Lipinski definition) is 3. The molecule has 0 spiro atoms. The monoisotopic (exact) mass is 285 g/mol. The van der Waals surface area contributed by atoms with Gasteiger partial charge in [-0.3, -0.25) is 0 Å². The van der Waals surface area contributed by atoms with E-state index in [1.807, 2.05) is 6.92 Å². The van der Waals surface area contributed by atoms with Crippen LogP contribution < -0.4 is 10.1 Å². The maximum Gasteiger partial charge on any atom is 0.573 e. The first kappa shape index (κ1) is 14.4. The number of nitrogens with one attached hydrogen (secondary N) is 2. The maximum atomic E-state index is 12.1. The number of aromatic nitrogens is 2. The fraction of sp³-hybridized carbons (Fsp3) is 0.308. The molecule has 0 aliphatic carbocycles. The molecule has 1 aromatic carbocycles. The molecule has 2 N–H and O–H groups in total. The van der Waals surface area contributed by atoms with Crippen molar-refractivity contribution in [1.82, 2.24) is 15.3 Å². The summed E-state index contributed by atoms with van der Waals surface area (Å²) in [6.45, 7) is 2.33. The molecule has 1 unspecified atom stereocenters. The van der Waals surface area contributed by atoms with Crippen LogP contribution in [-0.4, -0.2) is 16.3 Å². The Morgan fingerprint density at radius 3 is 2.85 bits per heavy atom. The van der Waals surface area contributed by atoms with E-state index in [4.69, 9.17) is 0 Å². The van der Waals surface area contributed by atoms with Gasteiger partial charge >= 0.3 is 6.36 Å². The Balaban J connectivity index is 1.94. The molecule has 1 heterocycles. The van der Waals surface area contributed by atoms with E-state index >= 15 is 0 Å². The van der Waals surface area contributed by atoms with Crippen LogP contribution >= 0.6 is 0 Å². The summed E-state index contributed by atoms with van der Waals surface area (Å²) in [5.74, 6) is 0.551. The van der Waals surface area contributed by atoms with Crippen LogP contribution in [0, 0.1) is 0 Å². The van der Waals surface area contributed by atoms with Gasteiger partial charge in [-0.25, -0.2) is 4.98 Å². The summed E-state index contributed by atoms with van der Waals surface area (Å²) in [5.41, 5.74) is 0.699. The van der Waals surface area contributed by atoms with Gasteiger partial charge in [0.05, 0.1) is 6.04 Å². The summed E-state index contributed by atoms with van der Waals surface area (Å²) in [6, 6.07) is 5.85. The largest absolute Gasteiger partial charge is 0.573 e. The molecule has 1 atom stereocenters. The first-order chi connectivity index (χ1) is 9.44. The average Bonchev–Trinajstić information content (AvgIpc) is 2.88. The van der Waals surface area contributed by atoms with Gasteiger partial charge < -0.3 is 15.0 Å². The van der Waals surface area contributed by atoms with E-state index in [9.17, 15) is 13.2 Å². The Morgan fingerprint density at radius 1 is 1.40 bits per heavy atom. The van der Waals surface area contributed by atoms with Crippen molar-refractivity contribution in [2.45, 2.75) is 25.9 Å². The normalized spacial score (nSPS) is 13.2. The van der Waals surface area contributed by atoms with E-state index in [0.29, 0.717) is 12.1 Å². The SMILES string of the molecule is CC(NCc1cccc(OC(F)(F)F)c1)c1ncc[nH]1. The molecular weight excluding hydrogens is 271 g/mol. The zero-order valence-electron chi connectivity index (χ0n) is 10.7. The third-order valence-electron chi connectivity index (χ3n) is 2.67. The van der Waals surface area contributed by atoms with E-state index in [0.717, 1.165) is 5.82 Å². The van der Waals surface area contributed by atoms with Crippen molar-refractivity contribution < 1.29 is 17.9 Å². The van der Waals surface area contributed by atoms with Gasteiger partial charge in [0.25, 0.3) is 0 Å². The fourth-order valence-corrected chi connectivity index (χ4v) is 1.73. The molecule has 0 radical (unpaired) electrons. The summed E-state index contributed by atoms with van der Waals surface area (Å²) < 4.78 is 40.2. The van der Waals surface area contributed by atoms with Crippen molar-refractivity contribution in [2.24, 2.45) is 0 Å². The summed E-state index contributed by atoms with van der Waals surface area (Å²) in [5, 5.41) is 3.16. The van der Waals surface area contributed by atoms with E-state index in [-0.39, 0.29) is 11.8 Å². The van der Waals surface area contributed by atoms with Crippen LogP contribution in [0.15, 0.2) is 36.7 Å². The number of H-pyrrole nitrogens is 1. The second kappa shape index (κ2) is 5.96. The summed E-state index contributed by atoms with van der Waals surface area (Å²) >= 11 is 0. The Labute approximate surface area is 114 Å². The number of hydrogen-bond donors (Lipinski definition) is 2. The van der Waals surface area contributed by atoms with Crippen LogP contribution in [0.4, 0.5) is 13.2 Å². The van der Waals surface area contributed by atoms with Gasteiger partial charge in [-0.15, -0.1) is 13.2 Å². The molecule has 2 aromatic rings. The quantitative estimate of drug-likeness (QED) is 0.887. The van der Waals surface area contributed by atoms with Crippen molar-refractivity contribution in [1.29, 1.82) is 0 Å². The van der Waals surface area contributed by atoms with Gasteiger partial charge in [0.15, 0.2) is 0 Å². The van der Waals surface area contributed by atoms with Crippen LogP contribution in [0.25, 0.3) is 0 Å². The molecule has 4 nitrogen and oxygen atoms in total. The number of alkyl halides is 3. The number of nitrogens with zero attached hydrogens (tertiary/aromatic N) is 1. The molecule has 20 heavy (non-hydrogen) atoms. The molecule has 0 aliphatic heterocycles. The Hall–Kier alpha value is -2.02. The third kappa shape index (κ3) is 4.27. The molecule has 0 aliphatic rings. The zero-order valence-corrected chi connectivity index (χ0v) is 10.7. The van der Waals surface area contributed by atoms with Crippen LogP contribution in [0.3, 0.4) is 0 Å². The lowest BCUT2D eigenvalue weighted by atomic mass is 10.2. The first-order valence-corrected chi connectivity index (χ1v) is 6.01. The lowest BCUT2D eigenvalue weighted by Gasteiger charge is -2.13.